The number of ether oxygens (including phenoxy) is 1. The average molecular weight is 594 g/mol. The Kier molecular flexibility index (Phi) is 7.89. The fourth-order valence-corrected chi connectivity index (χ4v) is 7.05. The number of hydrogen-bond donors (Lipinski definition) is 1. The topological polar surface area (TPSA) is 56.2 Å². The number of aliphatic carboxylic acids is 1. The number of anilines is 1. The first-order chi connectivity index (χ1) is 20.5. The van der Waals surface area contributed by atoms with Crippen LogP contribution in [-0.4, -0.2) is 72.4 Å². The van der Waals surface area contributed by atoms with Crippen LogP contribution in [0.15, 0.2) is 60.7 Å². The molecule has 1 N–H and O–H groups in total. The maximum absolute atomic E-state index is 16.0. The van der Waals surface area contributed by atoms with Gasteiger partial charge in [0.2, 0.25) is 0 Å². The number of fused-ring (bicyclic) bond motifs is 1. The molecule has 0 saturated carbocycles. The van der Waals surface area contributed by atoms with Gasteiger partial charge in [-0.3, -0.25) is 14.6 Å². The number of halogens is 3. The van der Waals surface area contributed by atoms with Crippen LogP contribution in [0.5, 0.6) is 5.75 Å². The van der Waals surface area contributed by atoms with Crippen LogP contribution in [0.2, 0.25) is 0 Å². The van der Waals surface area contributed by atoms with Gasteiger partial charge in [0, 0.05) is 49.4 Å². The fraction of sp³-hybridized carbons (Fsp3) is 0.441. The summed E-state index contributed by atoms with van der Waals surface area (Å²) in [5.74, 6) is -1.48. The number of carboxylic acids is 1. The smallest absolute Gasteiger partial charge is 0.317 e. The van der Waals surface area contributed by atoms with Gasteiger partial charge >= 0.3 is 5.97 Å². The molecule has 43 heavy (non-hydrogen) atoms. The van der Waals surface area contributed by atoms with E-state index in [2.05, 4.69) is 0 Å². The number of rotatable bonds is 9. The number of likely N-dealkylation sites (tertiary alicyclic amines) is 1. The van der Waals surface area contributed by atoms with Gasteiger partial charge in [-0.25, -0.2) is 13.2 Å². The highest BCUT2D eigenvalue weighted by Gasteiger charge is 2.48. The molecule has 9 heteroatoms. The zero-order chi connectivity index (χ0) is 30.4. The molecule has 3 aromatic carbocycles. The lowest BCUT2D eigenvalue weighted by atomic mass is 9.78. The maximum Gasteiger partial charge on any atom is 0.317 e. The van der Waals surface area contributed by atoms with E-state index in [1.54, 1.807) is 0 Å². The van der Waals surface area contributed by atoms with Crippen LogP contribution >= 0.6 is 0 Å². The van der Waals surface area contributed by atoms with Gasteiger partial charge in [0.1, 0.15) is 29.7 Å². The lowest BCUT2D eigenvalue weighted by Crippen LogP contribution is -2.58. The molecule has 3 aromatic rings. The molecule has 2 fully saturated rings. The predicted octanol–water partition coefficient (Wildman–Crippen LogP) is 5.84. The summed E-state index contributed by atoms with van der Waals surface area (Å²) in [4.78, 5) is 16.8. The van der Waals surface area contributed by atoms with Gasteiger partial charge < -0.3 is 14.7 Å². The fourth-order valence-electron chi connectivity index (χ4n) is 7.05. The number of carboxylic acid groups (broad SMARTS) is 1. The zero-order valence-corrected chi connectivity index (χ0v) is 24.7. The lowest BCUT2D eigenvalue weighted by Gasteiger charge is -2.49. The Labute approximate surface area is 250 Å². The molecule has 3 aliphatic rings. The molecule has 0 radical (unpaired) electrons. The van der Waals surface area contributed by atoms with Crippen molar-refractivity contribution in [2.75, 3.05) is 50.7 Å². The van der Waals surface area contributed by atoms with Gasteiger partial charge in [0.15, 0.2) is 0 Å². The first-order valence-corrected chi connectivity index (χ1v) is 14.9. The van der Waals surface area contributed by atoms with E-state index in [9.17, 15) is 9.18 Å². The number of benzene rings is 3. The molecule has 0 aliphatic carbocycles. The molecule has 228 valence electrons. The summed E-state index contributed by atoms with van der Waals surface area (Å²) in [6, 6.07) is 17.4. The Morgan fingerprint density at radius 2 is 1.74 bits per heavy atom. The third-order valence-electron chi connectivity index (χ3n) is 8.90. The van der Waals surface area contributed by atoms with Gasteiger partial charge in [0.25, 0.3) is 0 Å². The third-order valence-corrected chi connectivity index (χ3v) is 8.90. The monoisotopic (exact) mass is 593 g/mol. The normalized spacial score (nSPS) is 20.2. The SMILES string of the molecule is CC(C)(F)CN1CCc2cc(OCc3ccccc3)ccc2C1c1c(F)cc(N2CC3(CCN(CC(=O)O)C3)C2)cc1F. The molecular formula is C34H38F3N3O3. The minimum atomic E-state index is -1.55. The van der Waals surface area contributed by atoms with Crippen molar-refractivity contribution < 1.29 is 27.8 Å². The van der Waals surface area contributed by atoms with Crippen LogP contribution in [0, 0.1) is 17.0 Å². The second kappa shape index (κ2) is 11.5. The van der Waals surface area contributed by atoms with E-state index >= 15 is 8.78 Å². The zero-order valence-electron chi connectivity index (χ0n) is 24.7. The minimum Gasteiger partial charge on any atom is -0.489 e. The average Bonchev–Trinajstić information content (AvgIpc) is 3.35. The van der Waals surface area contributed by atoms with Crippen molar-refractivity contribution in [3.8, 4) is 5.75 Å². The Morgan fingerprint density at radius 3 is 2.42 bits per heavy atom. The highest BCUT2D eigenvalue weighted by atomic mass is 19.1. The molecule has 0 bridgehead atoms. The lowest BCUT2D eigenvalue weighted by molar-refractivity contribution is -0.138. The number of nitrogens with zero attached hydrogens (tertiary/aromatic N) is 3. The summed E-state index contributed by atoms with van der Waals surface area (Å²) in [5, 5.41) is 9.12. The van der Waals surface area contributed by atoms with Crippen molar-refractivity contribution in [1.82, 2.24) is 9.80 Å². The Morgan fingerprint density at radius 1 is 1.02 bits per heavy atom. The summed E-state index contributed by atoms with van der Waals surface area (Å²) >= 11 is 0. The summed E-state index contributed by atoms with van der Waals surface area (Å²) in [7, 11) is 0. The van der Waals surface area contributed by atoms with Crippen LogP contribution < -0.4 is 9.64 Å². The predicted molar refractivity (Wildman–Crippen MR) is 159 cm³/mol. The molecule has 1 unspecified atom stereocenters. The van der Waals surface area contributed by atoms with Gasteiger partial charge in [-0.1, -0.05) is 36.4 Å². The van der Waals surface area contributed by atoms with Crippen molar-refractivity contribution in [2.24, 2.45) is 5.41 Å². The highest BCUT2D eigenvalue weighted by Crippen LogP contribution is 2.44. The Balaban J connectivity index is 1.25. The number of hydrogen-bond acceptors (Lipinski definition) is 5. The van der Waals surface area contributed by atoms with E-state index in [1.165, 1.54) is 26.0 Å². The van der Waals surface area contributed by atoms with E-state index in [4.69, 9.17) is 9.84 Å². The van der Waals surface area contributed by atoms with Crippen LogP contribution in [0.4, 0.5) is 18.9 Å². The van der Waals surface area contributed by atoms with Crippen molar-refractivity contribution in [3.05, 3.63) is 94.6 Å². The summed E-state index contributed by atoms with van der Waals surface area (Å²) < 4.78 is 52.9. The van der Waals surface area contributed by atoms with Crippen molar-refractivity contribution in [1.29, 1.82) is 0 Å². The van der Waals surface area contributed by atoms with Gasteiger partial charge in [-0.2, -0.15) is 0 Å². The summed E-state index contributed by atoms with van der Waals surface area (Å²) in [6.07, 6.45) is 1.48. The quantitative estimate of drug-likeness (QED) is 0.337. The summed E-state index contributed by atoms with van der Waals surface area (Å²) in [6.45, 7) is 6.50. The van der Waals surface area contributed by atoms with Crippen molar-refractivity contribution >= 4 is 11.7 Å². The number of carbonyl (C=O) groups is 1. The molecule has 6 nitrogen and oxygen atoms in total. The standard InChI is InChI=1S/C34H38F3N3O3/c1-33(2,37)19-39-12-10-24-14-26(43-18-23-6-4-3-5-7-23)8-9-27(24)32(39)31-28(35)15-25(16-29(31)36)40-21-34(22-40)11-13-38(20-34)17-30(41)42/h3-9,14-16,32H,10-13,17-22H2,1-2H3,(H,41,42). The van der Waals surface area contributed by atoms with E-state index in [0.29, 0.717) is 57.2 Å². The molecule has 3 aliphatic heterocycles. The van der Waals surface area contributed by atoms with E-state index in [0.717, 1.165) is 23.1 Å². The van der Waals surface area contributed by atoms with Crippen LogP contribution in [0.3, 0.4) is 0 Å². The molecule has 1 atom stereocenters. The third kappa shape index (κ3) is 6.38. The molecular weight excluding hydrogens is 555 g/mol. The Hall–Kier alpha value is -3.56. The maximum atomic E-state index is 16.0. The molecule has 0 aromatic heterocycles. The molecule has 3 heterocycles. The van der Waals surface area contributed by atoms with E-state index in [1.807, 2.05) is 63.2 Å². The highest BCUT2D eigenvalue weighted by molar-refractivity contribution is 5.69. The second-order valence-corrected chi connectivity index (χ2v) is 13.0. The molecule has 6 rings (SSSR count). The van der Waals surface area contributed by atoms with Gasteiger partial charge in [-0.05, 0) is 74.2 Å². The van der Waals surface area contributed by atoms with Gasteiger partial charge in [-0.15, -0.1) is 0 Å². The molecule has 0 amide bonds. The van der Waals surface area contributed by atoms with Crippen molar-refractivity contribution in [3.63, 3.8) is 0 Å². The summed E-state index contributed by atoms with van der Waals surface area (Å²) in [5.41, 5.74) is 1.52. The first kappa shape index (κ1) is 29.5. The largest absolute Gasteiger partial charge is 0.489 e. The van der Waals surface area contributed by atoms with Gasteiger partial charge in [0.05, 0.1) is 12.6 Å². The second-order valence-electron chi connectivity index (χ2n) is 13.0. The van der Waals surface area contributed by atoms with E-state index < -0.39 is 29.3 Å². The van der Waals surface area contributed by atoms with E-state index in [-0.39, 0.29) is 24.1 Å². The molecule has 1 spiro atoms. The first-order valence-electron chi connectivity index (χ1n) is 14.9. The van der Waals surface area contributed by atoms with Crippen LogP contribution in [-0.2, 0) is 17.8 Å². The van der Waals surface area contributed by atoms with Crippen molar-refractivity contribution in [2.45, 2.75) is 45.0 Å². The van der Waals surface area contributed by atoms with Crippen LogP contribution in [0.1, 0.15) is 48.6 Å². The number of alkyl halides is 1. The molecule has 2 saturated heterocycles. The Bertz CT molecular complexity index is 1460. The minimum absolute atomic E-state index is 0.00932. The van der Waals surface area contributed by atoms with Crippen LogP contribution in [0.25, 0.3) is 0 Å².